The standard InChI is InChI=1S/C18H21FN2O3S2/c1-26(23,24)15-3-2-9-21(10-8-15)18(22)16-12-25-17(20-16)11-13-4-6-14(19)7-5-13/h4-7,12,15H,2-3,8-11H2,1H3. The van der Waals surface area contributed by atoms with Gasteiger partial charge in [0.15, 0.2) is 0 Å². The lowest BCUT2D eigenvalue weighted by atomic mass is 10.1. The van der Waals surface area contributed by atoms with Crippen LogP contribution in [0.4, 0.5) is 4.39 Å². The fraction of sp³-hybridized carbons (Fsp3) is 0.444. The molecule has 8 heteroatoms. The molecule has 0 spiro atoms. The van der Waals surface area contributed by atoms with Crippen LogP contribution in [0.5, 0.6) is 0 Å². The molecule has 1 aliphatic heterocycles. The van der Waals surface area contributed by atoms with Crippen molar-refractivity contribution in [3.05, 3.63) is 51.7 Å². The fourth-order valence-corrected chi connectivity index (χ4v) is 5.06. The number of thiazole rings is 1. The Morgan fingerprint density at radius 1 is 1.27 bits per heavy atom. The van der Waals surface area contributed by atoms with Crippen LogP contribution in [0, 0.1) is 5.82 Å². The zero-order valence-electron chi connectivity index (χ0n) is 14.5. The molecule has 1 atom stereocenters. The summed E-state index contributed by atoms with van der Waals surface area (Å²) in [5.74, 6) is -0.432. The summed E-state index contributed by atoms with van der Waals surface area (Å²) in [4.78, 5) is 18.8. The van der Waals surface area contributed by atoms with Crippen LogP contribution >= 0.6 is 11.3 Å². The Bertz CT molecular complexity index is 878. The predicted octanol–water partition coefficient (Wildman–Crippen LogP) is 2.91. The number of rotatable bonds is 4. The van der Waals surface area contributed by atoms with Crippen molar-refractivity contribution in [3.8, 4) is 0 Å². The Labute approximate surface area is 156 Å². The molecule has 26 heavy (non-hydrogen) atoms. The summed E-state index contributed by atoms with van der Waals surface area (Å²) in [6, 6.07) is 6.23. The van der Waals surface area contributed by atoms with Gasteiger partial charge in [0, 0.05) is 31.1 Å². The van der Waals surface area contributed by atoms with Crippen molar-refractivity contribution in [2.24, 2.45) is 0 Å². The number of sulfone groups is 1. The highest BCUT2D eigenvalue weighted by Crippen LogP contribution is 2.21. The smallest absolute Gasteiger partial charge is 0.273 e. The SMILES string of the molecule is CS(=O)(=O)C1CCCN(C(=O)c2csc(Cc3ccc(F)cc3)n2)CC1. The van der Waals surface area contributed by atoms with Gasteiger partial charge in [-0.25, -0.2) is 17.8 Å². The summed E-state index contributed by atoms with van der Waals surface area (Å²) in [6.07, 6.45) is 3.55. The number of benzene rings is 1. The lowest BCUT2D eigenvalue weighted by Gasteiger charge is -2.19. The average molecular weight is 397 g/mol. The van der Waals surface area contributed by atoms with Gasteiger partial charge in [-0.2, -0.15) is 0 Å². The van der Waals surface area contributed by atoms with Gasteiger partial charge in [-0.3, -0.25) is 4.79 Å². The number of hydrogen-bond acceptors (Lipinski definition) is 5. The van der Waals surface area contributed by atoms with Crippen molar-refractivity contribution in [1.29, 1.82) is 0 Å². The first-order valence-corrected chi connectivity index (χ1v) is 11.3. The van der Waals surface area contributed by atoms with E-state index >= 15 is 0 Å². The molecule has 2 heterocycles. The zero-order valence-corrected chi connectivity index (χ0v) is 16.2. The molecule has 1 aromatic carbocycles. The van der Waals surface area contributed by atoms with E-state index in [9.17, 15) is 17.6 Å². The lowest BCUT2D eigenvalue weighted by molar-refractivity contribution is 0.0756. The first-order valence-electron chi connectivity index (χ1n) is 8.50. The van der Waals surface area contributed by atoms with E-state index in [0.29, 0.717) is 44.5 Å². The van der Waals surface area contributed by atoms with E-state index < -0.39 is 9.84 Å². The van der Waals surface area contributed by atoms with Gasteiger partial charge in [0.1, 0.15) is 21.3 Å². The molecule has 0 aliphatic carbocycles. The Hall–Kier alpha value is -1.80. The molecule has 0 radical (unpaired) electrons. The topological polar surface area (TPSA) is 67.3 Å². The van der Waals surface area contributed by atoms with E-state index in [-0.39, 0.29) is 17.0 Å². The van der Waals surface area contributed by atoms with Crippen molar-refractivity contribution >= 4 is 27.1 Å². The molecular formula is C18H21FN2O3S2. The monoisotopic (exact) mass is 396 g/mol. The first kappa shape index (κ1) is 19.0. The summed E-state index contributed by atoms with van der Waals surface area (Å²) >= 11 is 1.40. The fourth-order valence-electron chi connectivity index (χ4n) is 3.13. The molecular weight excluding hydrogens is 375 g/mol. The van der Waals surface area contributed by atoms with Gasteiger partial charge in [-0.1, -0.05) is 12.1 Å². The minimum Gasteiger partial charge on any atom is -0.337 e. The molecule has 5 nitrogen and oxygen atoms in total. The van der Waals surface area contributed by atoms with Crippen molar-refractivity contribution in [1.82, 2.24) is 9.88 Å². The molecule has 0 bridgehead atoms. The van der Waals surface area contributed by atoms with Gasteiger partial charge < -0.3 is 4.90 Å². The van der Waals surface area contributed by atoms with E-state index in [1.807, 2.05) is 0 Å². The number of carbonyl (C=O) groups is 1. The normalized spacial score (nSPS) is 18.5. The number of nitrogens with zero attached hydrogens (tertiary/aromatic N) is 2. The molecule has 140 valence electrons. The minimum atomic E-state index is -3.07. The van der Waals surface area contributed by atoms with Gasteiger partial charge in [-0.05, 0) is 37.0 Å². The molecule has 1 fully saturated rings. The largest absolute Gasteiger partial charge is 0.337 e. The molecule has 1 amide bonds. The van der Waals surface area contributed by atoms with Crippen molar-refractivity contribution in [3.63, 3.8) is 0 Å². The van der Waals surface area contributed by atoms with Crippen molar-refractivity contribution in [2.45, 2.75) is 30.9 Å². The molecule has 1 saturated heterocycles. The quantitative estimate of drug-likeness (QED) is 0.797. The summed E-state index contributed by atoms with van der Waals surface area (Å²) in [6.45, 7) is 0.983. The highest BCUT2D eigenvalue weighted by atomic mass is 32.2. The lowest BCUT2D eigenvalue weighted by Crippen LogP contribution is -2.33. The van der Waals surface area contributed by atoms with Crippen LogP contribution in [0.3, 0.4) is 0 Å². The van der Waals surface area contributed by atoms with Crippen LogP contribution in [0.15, 0.2) is 29.6 Å². The van der Waals surface area contributed by atoms with Gasteiger partial charge >= 0.3 is 0 Å². The molecule has 0 N–H and O–H groups in total. The highest BCUT2D eigenvalue weighted by molar-refractivity contribution is 7.91. The highest BCUT2D eigenvalue weighted by Gasteiger charge is 2.27. The van der Waals surface area contributed by atoms with Crippen LogP contribution in [0.25, 0.3) is 0 Å². The van der Waals surface area contributed by atoms with Crippen LogP contribution in [0.2, 0.25) is 0 Å². The minimum absolute atomic E-state index is 0.152. The van der Waals surface area contributed by atoms with Gasteiger partial charge in [-0.15, -0.1) is 11.3 Å². The third-order valence-corrected chi connectivity index (χ3v) is 7.14. The van der Waals surface area contributed by atoms with Gasteiger partial charge in [0.2, 0.25) is 0 Å². The third-order valence-electron chi connectivity index (χ3n) is 4.61. The summed E-state index contributed by atoms with van der Waals surface area (Å²) in [5, 5.41) is 2.16. The second-order valence-corrected chi connectivity index (χ2v) is 9.87. The summed E-state index contributed by atoms with van der Waals surface area (Å²) in [7, 11) is -3.07. The molecule has 3 rings (SSSR count). The number of carbonyl (C=O) groups excluding carboxylic acids is 1. The summed E-state index contributed by atoms with van der Waals surface area (Å²) < 4.78 is 36.5. The van der Waals surface area contributed by atoms with Gasteiger partial charge in [0.25, 0.3) is 5.91 Å². The van der Waals surface area contributed by atoms with Crippen LogP contribution in [-0.4, -0.2) is 48.8 Å². The second kappa shape index (κ2) is 7.84. The molecule has 1 aliphatic rings. The molecule has 2 aromatic rings. The zero-order chi connectivity index (χ0) is 18.7. The maximum Gasteiger partial charge on any atom is 0.273 e. The van der Waals surface area contributed by atoms with Crippen LogP contribution < -0.4 is 0 Å². The molecule has 0 saturated carbocycles. The molecule has 1 aromatic heterocycles. The number of halogens is 1. The van der Waals surface area contributed by atoms with Crippen LogP contribution in [0.1, 0.15) is 40.3 Å². The number of aromatic nitrogens is 1. The van der Waals surface area contributed by atoms with E-state index in [1.54, 1.807) is 22.4 Å². The third kappa shape index (κ3) is 4.67. The number of likely N-dealkylation sites (tertiary alicyclic amines) is 1. The number of hydrogen-bond donors (Lipinski definition) is 0. The first-order chi connectivity index (χ1) is 12.3. The van der Waals surface area contributed by atoms with E-state index in [2.05, 4.69) is 4.98 Å². The Morgan fingerprint density at radius 3 is 2.69 bits per heavy atom. The number of amides is 1. The van der Waals surface area contributed by atoms with E-state index in [1.165, 1.54) is 29.7 Å². The Kier molecular flexibility index (Phi) is 5.72. The van der Waals surface area contributed by atoms with Crippen LogP contribution in [-0.2, 0) is 16.3 Å². The van der Waals surface area contributed by atoms with Crippen molar-refractivity contribution in [2.75, 3.05) is 19.3 Å². The van der Waals surface area contributed by atoms with Gasteiger partial charge in [0.05, 0.1) is 10.3 Å². The maximum atomic E-state index is 13.0. The predicted molar refractivity (Wildman–Crippen MR) is 99.7 cm³/mol. The Balaban J connectivity index is 1.65. The average Bonchev–Trinajstić information content (AvgIpc) is 2.89. The Morgan fingerprint density at radius 2 is 2.00 bits per heavy atom. The molecule has 1 unspecified atom stereocenters. The van der Waals surface area contributed by atoms with Crippen molar-refractivity contribution < 1.29 is 17.6 Å². The van der Waals surface area contributed by atoms with E-state index in [0.717, 1.165) is 10.6 Å². The summed E-state index contributed by atoms with van der Waals surface area (Å²) in [5.41, 5.74) is 1.33. The maximum absolute atomic E-state index is 13.0. The second-order valence-electron chi connectivity index (χ2n) is 6.60. The van der Waals surface area contributed by atoms with E-state index in [4.69, 9.17) is 0 Å².